The van der Waals surface area contributed by atoms with E-state index in [4.69, 9.17) is 4.74 Å². The first kappa shape index (κ1) is 20.8. The number of allylic oxidation sites excluding steroid dienone is 3. The summed E-state index contributed by atoms with van der Waals surface area (Å²) in [6, 6.07) is 0. The molecule has 3 unspecified atom stereocenters. The summed E-state index contributed by atoms with van der Waals surface area (Å²) in [6.45, 7) is 7.87. The Balaban J connectivity index is 1.74. The Hall–Kier alpha value is -2.04. The third-order valence-electron chi connectivity index (χ3n) is 9.42. The molecule has 3 fully saturated rings. The molecule has 0 saturated heterocycles. The third kappa shape index (κ3) is 2.49. The Morgan fingerprint density at radius 2 is 1.81 bits per heavy atom. The van der Waals surface area contributed by atoms with Gasteiger partial charge in [-0.2, -0.15) is 0 Å². The van der Waals surface area contributed by atoms with Crippen LogP contribution in [-0.2, 0) is 23.9 Å². The summed E-state index contributed by atoms with van der Waals surface area (Å²) in [5, 5.41) is 0. The zero-order chi connectivity index (χ0) is 22.3. The smallest absolute Gasteiger partial charge is 0.342 e. The quantitative estimate of drug-likeness (QED) is 0.488. The van der Waals surface area contributed by atoms with Crippen LogP contribution in [0.4, 0.5) is 0 Å². The molecule has 5 atom stereocenters. The molecular weight excluding hydrogens is 392 g/mol. The number of ether oxygens (including phenoxy) is 1. The molecule has 0 heterocycles. The fourth-order valence-electron chi connectivity index (χ4n) is 7.73. The summed E-state index contributed by atoms with van der Waals surface area (Å²) < 4.78 is 5.54. The molecule has 3 saturated carbocycles. The first-order valence-corrected chi connectivity index (χ1v) is 11.8. The van der Waals surface area contributed by atoms with Crippen LogP contribution in [0.2, 0.25) is 0 Å². The Bertz CT molecular complexity index is 984. The molecule has 0 aromatic rings. The minimum atomic E-state index is -0.586. The van der Waals surface area contributed by atoms with Crippen molar-refractivity contribution in [3.63, 3.8) is 0 Å². The molecule has 5 nitrogen and oxygen atoms in total. The summed E-state index contributed by atoms with van der Waals surface area (Å²) in [5.41, 5.74) is 0.795. The van der Waals surface area contributed by atoms with Crippen molar-refractivity contribution in [1.29, 1.82) is 0 Å². The van der Waals surface area contributed by atoms with E-state index in [0.29, 0.717) is 19.3 Å². The molecule has 5 rings (SSSR count). The lowest BCUT2D eigenvalue weighted by molar-refractivity contribution is -0.149. The van der Waals surface area contributed by atoms with Crippen molar-refractivity contribution in [3.05, 3.63) is 22.8 Å². The number of hydrogen-bond donors (Lipinski definition) is 0. The minimum absolute atomic E-state index is 0.00522. The van der Waals surface area contributed by atoms with Crippen molar-refractivity contribution in [2.24, 2.45) is 28.1 Å². The van der Waals surface area contributed by atoms with E-state index < -0.39 is 17.3 Å². The predicted molar refractivity (Wildman–Crippen MR) is 114 cm³/mol. The molecule has 0 amide bonds. The van der Waals surface area contributed by atoms with Gasteiger partial charge in [0.1, 0.15) is 17.1 Å². The highest BCUT2D eigenvalue weighted by Crippen LogP contribution is 2.71. The number of carbonyl (C=O) groups excluding carboxylic acids is 4. The van der Waals surface area contributed by atoms with Crippen molar-refractivity contribution in [2.75, 3.05) is 0 Å². The van der Waals surface area contributed by atoms with Gasteiger partial charge >= 0.3 is 5.97 Å². The Kier molecular flexibility index (Phi) is 4.36. The summed E-state index contributed by atoms with van der Waals surface area (Å²) in [5.74, 6) is -0.937. The lowest BCUT2D eigenvalue weighted by atomic mass is 9.46. The first-order valence-electron chi connectivity index (χ1n) is 11.8. The standard InChI is InChI=1S/C26H32O5/c1-14(2)31-23(30)21-20-16(25(4)11-5-15(27)13-18(25)22(21)29)7-12-26-17(20)6-9-24(26,3)10-8-19(26)28/h6,14,16,18H,5,7-13H2,1-4H3/t16?,18?,24-,25?,26+/m0/s1. The van der Waals surface area contributed by atoms with Crippen LogP contribution in [0.5, 0.6) is 0 Å². The Morgan fingerprint density at radius 3 is 2.52 bits per heavy atom. The Morgan fingerprint density at radius 1 is 1.06 bits per heavy atom. The third-order valence-corrected chi connectivity index (χ3v) is 9.42. The number of fused-ring (bicyclic) bond motifs is 4. The van der Waals surface area contributed by atoms with Gasteiger partial charge in [0.05, 0.1) is 11.5 Å². The highest BCUT2D eigenvalue weighted by Gasteiger charge is 2.67. The highest BCUT2D eigenvalue weighted by molar-refractivity contribution is 6.21. The molecule has 0 radical (unpaired) electrons. The maximum Gasteiger partial charge on any atom is 0.342 e. The van der Waals surface area contributed by atoms with E-state index in [1.54, 1.807) is 13.8 Å². The maximum absolute atomic E-state index is 13.8. The lowest BCUT2D eigenvalue weighted by Crippen LogP contribution is -2.54. The minimum Gasteiger partial charge on any atom is -0.459 e. The van der Waals surface area contributed by atoms with Crippen LogP contribution in [-0.4, -0.2) is 29.4 Å². The number of carbonyl (C=O) groups is 4. The molecule has 0 bridgehead atoms. The zero-order valence-corrected chi connectivity index (χ0v) is 19.0. The largest absolute Gasteiger partial charge is 0.459 e. The molecular formula is C26H32O5. The molecule has 0 aliphatic heterocycles. The molecule has 166 valence electrons. The topological polar surface area (TPSA) is 77.5 Å². The van der Waals surface area contributed by atoms with Gasteiger partial charge in [-0.1, -0.05) is 19.9 Å². The van der Waals surface area contributed by atoms with Gasteiger partial charge in [0.15, 0.2) is 5.78 Å². The molecule has 0 aromatic carbocycles. The normalized spacial score (nSPS) is 41.6. The second-order valence-electron chi connectivity index (χ2n) is 11.2. The van der Waals surface area contributed by atoms with Crippen molar-refractivity contribution < 1.29 is 23.9 Å². The summed E-state index contributed by atoms with van der Waals surface area (Å²) in [4.78, 5) is 52.7. The average Bonchev–Trinajstić information content (AvgIpc) is 3.13. The van der Waals surface area contributed by atoms with E-state index in [-0.39, 0.29) is 52.2 Å². The van der Waals surface area contributed by atoms with E-state index in [0.717, 1.165) is 36.8 Å². The van der Waals surface area contributed by atoms with Gasteiger partial charge in [-0.05, 0) is 73.8 Å². The van der Waals surface area contributed by atoms with Crippen LogP contribution in [0.3, 0.4) is 0 Å². The predicted octanol–water partition coefficient (Wildman–Crippen LogP) is 4.29. The number of hydrogen-bond acceptors (Lipinski definition) is 5. The fourth-order valence-corrected chi connectivity index (χ4v) is 7.73. The highest BCUT2D eigenvalue weighted by atomic mass is 16.5. The van der Waals surface area contributed by atoms with Crippen molar-refractivity contribution in [3.8, 4) is 0 Å². The van der Waals surface area contributed by atoms with Gasteiger partial charge in [-0.3, -0.25) is 14.4 Å². The summed E-state index contributed by atoms with van der Waals surface area (Å²) in [7, 11) is 0. The maximum atomic E-state index is 13.8. The van der Waals surface area contributed by atoms with Crippen LogP contribution in [0.15, 0.2) is 22.8 Å². The van der Waals surface area contributed by atoms with E-state index in [9.17, 15) is 19.2 Å². The Labute approximate surface area is 183 Å². The van der Waals surface area contributed by atoms with Crippen LogP contribution in [0.1, 0.15) is 79.1 Å². The summed E-state index contributed by atoms with van der Waals surface area (Å²) in [6.07, 6.45) is 6.94. The zero-order valence-electron chi connectivity index (χ0n) is 19.0. The van der Waals surface area contributed by atoms with E-state index in [1.807, 2.05) is 0 Å². The van der Waals surface area contributed by atoms with E-state index >= 15 is 0 Å². The number of Topliss-reactive ketones (excluding diaryl/α,β-unsaturated/α-hetero) is 3. The lowest BCUT2D eigenvalue weighted by Gasteiger charge is -2.55. The van der Waals surface area contributed by atoms with Gasteiger partial charge in [0.2, 0.25) is 0 Å². The second-order valence-corrected chi connectivity index (χ2v) is 11.2. The molecule has 0 N–H and O–H groups in total. The monoisotopic (exact) mass is 424 g/mol. The van der Waals surface area contributed by atoms with Crippen molar-refractivity contribution in [1.82, 2.24) is 0 Å². The van der Waals surface area contributed by atoms with Gasteiger partial charge in [0.25, 0.3) is 0 Å². The molecule has 5 heteroatoms. The van der Waals surface area contributed by atoms with Crippen molar-refractivity contribution in [2.45, 2.75) is 85.2 Å². The first-order chi connectivity index (χ1) is 14.5. The van der Waals surface area contributed by atoms with Gasteiger partial charge in [-0.15, -0.1) is 0 Å². The molecule has 1 spiro atoms. The number of rotatable bonds is 2. The fraction of sp³-hybridized carbons (Fsp3) is 0.692. The second kappa shape index (κ2) is 6.49. The van der Waals surface area contributed by atoms with Crippen molar-refractivity contribution >= 4 is 23.3 Å². The molecule has 5 aliphatic carbocycles. The van der Waals surface area contributed by atoms with Gasteiger partial charge < -0.3 is 4.74 Å². The van der Waals surface area contributed by atoms with E-state index in [2.05, 4.69) is 19.9 Å². The van der Waals surface area contributed by atoms with E-state index in [1.165, 1.54) is 0 Å². The number of ketones is 3. The molecule has 5 aliphatic rings. The number of esters is 1. The summed E-state index contributed by atoms with van der Waals surface area (Å²) >= 11 is 0. The average molecular weight is 425 g/mol. The SMILES string of the molecule is CC(C)OC(=O)C1=C2C3=CC[C@@]4(C)CCC(=O)[C@@]34CCC2C2(C)CCC(=O)CC2C1=O. The van der Waals surface area contributed by atoms with Crippen LogP contribution >= 0.6 is 0 Å². The van der Waals surface area contributed by atoms with Crippen LogP contribution < -0.4 is 0 Å². The van der Waals surface area contributed by atoms with Crippen LogP contribution in [0, 0.1) is 28.1 Å². The van der Waals surface area contributed by atoms with Gasteiger partial charge in [0, 0.05) is 25.2 Å². The van der Waals surface area contributed by atoms with Crippen LogP contribution in [0.25, 0.3) is 0 Å². The van der Waals surface area contributed by atoms with Gasteiger partial charge in [-0.25, -0.2) is 4.79 Å². The molecule has 0 aromatic heterocycles. The molecule has 31 heavy (non-hydrogen) atoms.